The zero-order valence-electron chi connectivity index (χ0n) is 21.7. The maximum absolute atomic E-state index is 13.9. The molecule has 1 unspecified atom stereocenters. The van der Waals surface area contributed by atoms with Gasteiger partial charge in [0.25, 0.3) is 0 Å². The molecule has 4 heterocycles. The van der Waals surface area contributed by atoms with Crippen molar-refractivity contribution >= 4 is 17.1 Å². The van der Waals surface area contributed by atoms with E-state index in [1.54, 1.807) is 24.6 Å². The summed E-state index contributed by atoms with van der Waals surface area (Å²) in [5.74, 6) is 1.80. The molecule has 0 amide bonds. The van der Waals surface area contributed by atoms with Crippen LogP contribution < -0.4 is 4.74 Å². The topological polar surface area (TPSA) is 57.0 Å². The van der Waals surface area contributed by atoms with Crippen LogP contribution in [0.1, 0.15) is 62.3 Å². The number of carbonyl (C=O) groups excluding carboxylic acids is 1. The van der Waals surface area contributed by atoms with Gasteiger partial charge in [-0.25, -0.2) is 4.98 Å². The molecule has 1 atom stereocenters. The molecule has 1 aliphatic rings. The SMILES string of the molecule is CCC(CC(C)(C)C)C(=O)c1nc(-c2ccsc2)n2c1CCc1cc(OC)c(-c3cccnc3)cc1-2. The number of rotatable bonds is 7. The third-order valence-electron chi connectivity index (χ3n) is 6.95. The third kappa shape index (κ3) is 4.50. The van der Waals surface area contributed by atoms with Crippen molar-refractivity contribution in [3.63, 3.8) is 0 Å². The first-order valence-electron chi connectivity index (χ1n) is 12.6. The summed E-state index contributed by atoms with van der Waals surface area (Å²) in [7, 11) is 1.71. The molecule has 5 nitrogen and oxygen atoms in total. The van der Waals surface area contributed by atoms with Gasteiger partial charge in [-0.2, -0.15) is 11.3 Å². The van der Waals surface area contributed by atoms with Gasteiger partial charge in [-0.1, -0.05) is 33.8 Å². The van der Waals surface area contributed by atoms with Gasteiger partial charge in [-0.3, -0.25) is 14.3 Å². The molecule has 6 heteroatoms. The minimum absolute atomic E-state index is 0.0388. The van der Waals surface area contributed by atoms with Crippen LogP contribution in [0.25, 0.3) is 28.2 Å². The van der Waals surface area contributed by atoms with E-state index in [0.29, 0.717) is 5.69 Å². The Morgan fingerprint density at radius 1 is 1.19 bits per heavy atom. The van der Waals surface area contributed by atoms with Crippen molar-refractivity contribution < 1.29 is 9.53 Å². The number of nitrogens with zero attached hydrogens (tertiary/aromatic N) is 3. The molecule has 36 heavy (non-hydrogen) atoms. The molecule has 0 bridgehead atoms. The summed E-state index contributed by atoms with van der Waals surface area (Å²) in [5.41, 5.74) is 7.00. The largest absolute Gasteiger partial charge is 0.496 e. The number of aryl methyl sites for hydroxylation is 1. The summed E-state index contributed by atoms with van der Waals surface area (Å²) < 4.78 is 8.01. The van der Waals surface area contributed by atoms with Crippen molar-refractivity contribution in [2.75, 3.05) is 7.11 Å². The predicted octanol–water partition coefficient (Wildman–Crippen LogP) is 7.42. The van der Waals surface area contributed by atoms with Gasteiger partial charge in [0, 0.05) is 40.4 Å². The maximum atomic E-state index is 13.9. The summed E-state index contributed by atoms with van der Waals surface area (Å²) >= 11 is 1.64. The molecule has 186 valence electrons. The number of thiophene rings is 1. The third-order valence-corrected chi connectivity index (χ3v) is 7.64. The second kappa shape index (κ2) is 9.66. The van der Waals surface area contributed by atoms with Crippen LogP contribution >= 0.6 is 11.3 Å². The van der Waals surface area contributed by atoms with E-state index in [0.717, 1.165) is 65.3 Å². The molecule has 0 aliphatic carbocycles. The Bertz CT molecular complexity index is 1380. The molecule has 4 aromatic rings. The minimum atomic E-state index is -0.0388. The molecular formula is C30H33N3O2S. The van der Waals surface area contributed by atoms with E-state index in [2.05, 4.69) is 66.2 Å². The molecular weight excluding hydrogens is 466 g/mol. The Morgan fingerprint density at radius 3 is 2.67 bits per heavy atom. The molecule has 1 aromatic carbocycles. The van der Waals surface area contributed by atoms with Gasteiger partial charge in [0.05, 0.1) is 18.5 Å². The summed E-state index contributed by atoms with van der Waals surface area (Å²) in [4.78, 5) is 23.3. The number of methoxy groups -OCH3 is 1. The number of ether oxygens (including phenoxy) is 1. The van der Waals surface area contributed by atoms with Crippen LogP contribution in [0.2, 0.25) is 0 Å². The Balaban J connectivity index is 1.71. The number of hydrogen-bond acceptors (Lipinski definition) is 5. The summed E-state index contributed by atoms with van der Waals surface area (Å²) in [6.45, 7) is 8.71. The molecule has 0 saturated carbocycles. The lowest BCUT2D eigenvalue weighted by molar-refractivity contribution is 0.0873. The van der Waals surface area contributed by atoms with Crippen LogP contribution in [0.3, 0.4) is 0 Å². The monoisotopic (exact) mass is 499 g/mol. The van der Waals surface area contributed by atoms with E-state index >= 15 is 0 Å². The fraction of sp³-hybridized carbons (Fsp3) is 0.367. The molecule has 0 fully saturated rings. The van der Waals surface area contributed by atoms with Crippen molar-refractivity contribution in [3.05, 3.63) is 70.4 Å². The number of fused-ring (bicyclic) bond motifs is 3. The molecule has 0 saturated heterocycles. The van der Waals surface area contributed by atoms with E-state index in [1.807, 2.05) is 18.3 Å². The highest BCUT2D eigenvalue weighted by atomic mass is 32.1. The number of aromatic nitrogens is 3. The average molecular weight is 500 g/mol. The smallest absolute Gasteiger partial charge is 0.186 e. The zero-order chi connectivity index (χ0) is 25.4. The van der Waals surface area contributed by atoms with Crippen molar-refractivity contribution in [1.82, 2.24) is 14.5 Å². The number of carbonyl (C=O) groups is 1. The van der Waals surface area contributed by atoms with Gasteiger partial charge in [0.15, 0.2) is 5.78 Å². The predicted molar refractivity (Wildman–Crippen MR) is 146 cm³/mol. The second-order valence-corrected chi connectivity index (χ2v) is 11.5. The van der Waals surface area contributed by atoms with E-state index in [1.165, 1.54) is 5.56 Å². The molecule has 0 N–H and O–H groups in total. The first kappa shape index (κ1) is 24.4. The van der Waals surface area contributed by atoms with Gasteiger partial charge >= 0.3 is 0 Å². The van der Waals surface area contributed by atoms with Crippen LogP contribution in [0.4, 0.5) is 0 Å². The van der Waals surface area contributed by atoms with E-state index < -0.39 is 0 Å². The highest BCUT2D eigenvalue weighted by Crippen LogP contribution is 2.41. The minimum Gasteiger partial charge on any atom is -0.496 e. The van der Waals surface area contributed by atoms with Gasteiger partial charge < -0.3 is 4.74 Å². The molecule has 3 aromatic heterocycles. The van der Waals surface area contributed by atoms with Crippen molar-refractivity contribution in [2.24, 2.45) is 11.3 Å². The Morgan fingerprint density at radius 2 is 2.03 bits per heavy atom. The highest BCUT2D eigenvalue weighted by Gasteiger charge is 2.33. The normalized spacial score (nSPS) is 13.7. The van der Waals surface area contributed by atoms with Gasteiger partial charge in [0.2, 0.25) is 0 Å². The summed E-state index contributed by atoms with van der Waals surface area (Å²) in [6, 6.07) is 10.4. The molecule has 0 spiro atoms. The fourth-order valence-electron chi connectivity index (χ4n) is 5.27. The van der Waals surface area contributed by atoms with E-state index in [9.17, 15) is 4.79 Å². The summed E-state index contributed by atoms with van der Waals surface area (Å²) in [6.07, 6.45) is 6.90. The number of Topliss-reactive ketones (excluding diaryl/α,β-unsaturated/α-hetero) is 1. The first-order valence-corrected chi connectivity index (χ1v) is 13.5. The zero-order valence-corrected chi connectivity index (χ0v) is 22.5. The fourth-order valence-corrected chi connectivity index (χ4v) is 5.90. The lowest BCUT2D eigenvalue weighted by Gasteiger charge is -2.25. The van der Waals surface area contributed by atoms with Crippen molar-refractivity contribution in [1.29, 1.82) is 0 Å². The van der Waals surface area contributed by atoms with Gasteiger partial charge in [-0.15, -0.1) is 0 Å². The first-order chi connectivity index (χ1) is 17.3. The maximum Gasteiger partial charge on any atom is 0.186 e. The Labute approximate surface area is 217 Å². The Hall–Kier alpha value is -3.25. The number of ketones is 1. The van der Waals surface area contributed by atoms with Crippen LogP contribution in [0.5, 0.6) is 5.75 Å². The van der Waals surface area contributed by atoms with Crippen molar-refractivity contribution in [2.45, 2.75) is 53.4 Å². The second-order valence-electron chi connectivity index (χ2n) is 10.7. The average Bonchev–Trinajstić information content (AvgIpc) is 3.54. The van der Waals surface area contributed by atoms with Crippen LogP contribution in [0.15, 0.2) is 53.5 Å². The molecule has 5 rings (SSSR count). The number of pyridine rings is 1. The van der Waals surface area contributed by atoms with Crippen LogP contribution in [-0.2, 0) is 12.8 Å². The highest BCUT2D eigenvalue weighted by molar-refractivity contribution is 7.08. The lowest BCUT2D eigenvalue weighted by Crippen LogP contribution is -2.23. The van der Waals surface area contributed by atoms with Crippen molar-refractivity contribution in [3.8, 4) is 34.0 Å². The van der Waals surface area contributed by atoms with E-state index in [-0.39, 0.29) is 17.1 Å². The summed E-state index contributed by atoms with van der Waals surface area (Å²) in [5, 5.41) is 4.17. The number of imidazole rings is 1. The molecule has 0 radical (unpaired) electrons. The number of hydrogen-bond donors (Lipinski definition) is 0. The lowest BCUT2D eigenvalue weighted by atomic mass is 9.80. The quantitative estimate of drug-likeness (QED) is 0.248. The van der Waals surface area contributed by atoms with Gasteiger partial charge in [-0.05, 0) is 66.3 Å². The molecule has 1 aliphatic heterocycles. The van der Waals surface area contributed by atoms with Crippen LogP contribution in [-0.4, -0.2) is 27.4 Å². The van der Waals surface area contributed by atoms with Crippen LogP contribution in [0, 0.1) is 11.3 Å². The number of benzene rings is 1. The Kier molecular flexibility index (Phi) is 6.56. The van der Waals surface area contributed by atoms with Gasteiger partial charge in [0.1, 0.15) is 17.3 Å². The van der Waals surface area contributed by atoms with E-state index in [4.69, 9.17) is 9.72 Å². The standard InChI is InChI=1S/C30H33N3O2S/c1-6-19(16-30(2,3)4)28(34)27-24-10-9-20-14-26(35-5)23(21-8-7-12-31-17-21)15-25(20)33(24)29(32-27)22-11-13-36-18-22/h7-8,11-15,17-19H,6,9-10,16H2,1-5H3.